The topological polar surface area (TPSA) is 51.8 Å². The lowest BCUT2D eigenvalue weighted by Crippen LogP contribution is -2.00. The van der Waals surface area contributed by atoms with Crippen LogP contribution >= 0.6 is 0 Å². The Morgan fingerprint density at radius 3 is 1.70 bits per heavy atom. The monoisotopic (exact) mass is 691 g/mol. The van der Waals surface area contributed by atoms with Gasteiger partial charge in [-0.25, -0.2) is 15.0 Å². The maximum atomic E-state index is 6.83. The molecule has 0 unspecified atom stereocenters. The average Bonchev–Trinajstić information content (AvgIpc) is 3.64. The molecule has 0 fully saturated rings. The van der Waals surface area contributed by atoms with E-state index in [4.69, 9.17) is 19.4 Å². The minimum Gasteiger partial charge on any atom is -0.455 e. The molecule has 4 heteroatoms. The first kappa shape index (κ1) is 31.6. The summed E-state index contributed by atoms with van der Waals surface area (Å²) in [6, 6.07) is 63.3. The second kappa shape index (κ2) is 13.1. The summed E-state index contributed by atoms with van der Waals surface area (Å²) in [5.74, 6) is 1.83. The number of furan rings is 1. The van der Waals surface area contributed by atoms with Crippen LogP contribution in [0.1, 0.15) is 5.56 Å². The molecular formula is C50H33N3O. The van der Waals surface area contributed by atoms with Gasteiger partial charge in [0.2, 0.25) is 0 Å². The number of benzene rings is 8. The van der Waals surface area contributed by atoms with E-state index in [1.165, 1.54) is 22.3 Å². The summed E-state index contributed by atoms with van der Waals surface area (Å²) in [6.45, 7) is 2.14. The summed E-state index contributed by atoms with van der Waals surface area (Å²) >= 11 is 0. The van der Waals surface area contributed by atoms with Gasteiger partial charge in [0.05, 0.1) is 0 Å². The van der Waals surface area contributed by atoms with Crippen molar-refractivity contribution in [1.29, 1.82) is 0 Å². The third kappa shape index (κ3) is 5.62. The molecular weight excluding hydrogens is 659 g/mol. The van der Waals surface area contributed by atoms with Gasteiger partial charge >= 0.3 is 0 Å². The highest BCUT2D eigenvalue weighted by Gasteiger charge is 2.19. The quantitative estimate of drug-likeness (QED) is 0.174. The van der Waals surface area contributed by atoms with E-state index in [-0.39, 0.29) is 0 Å². The SMILES string of the molecule is Cc1ccccc1-c1ccc(-c2nc(-c3ccccc3)nc(-c3ccc4c(c3)oc3c5ccccc5cc(-c5cccc(-c6ccccc6)c5)c43)n2)cc1. The van der Waals surface area contributed by atoms with E-state index in [9.17, 15) is 0 Å². The summed E-state index contributed by atoms with van der Waals surface area (Å²) in [6.07, 6.45) is 0. The molecule has 0 saturated carbocycles. The fourth-order valence-electron chi connectivity index (χ4n) is 7.52. The van der Waals surface area contributed by atoms with E-state index >= 15 is 0 Å². The predicted molar refractivity (Wildman–Crippen MR) is 222 cm³/mol. The van der Waals surface area contributed by atoms with Crippen molar-refractivity contribution in [2.75, 3.05) is 0 Å². The molecule has 0 saturated heterocycles. The Labute approximate surface area is 313 Å². The summed E-state index contributed by atoms with van der Waals surface area (Å²) in [5.41, 5.74) is 12.6. The molecule has 0 aliphatic heterocycles. The molecule has 4 nitrogen and oxygen atoms in total. The highest BCUT2D eigenvalue weighted by atomic mass is 16.3. The Kier molecular flexibility index (Phi) is 7.66. The molecule has 10 rings (SSSR count). The van der Waals surface area contributed by atoms with Crippen molar-refractivity contribution in [1.82, 2.24) is 15.0 Å². The first-order valence-corrected chi connectivity index (χ1v) is 18.2. The van der Waals surface area contributed by atoms with E-state index in [1.807, 2.05) is 30.3 Å². The van der Waals surface area contributed by atoms with Gasteiger partial charge in [-0.05, 0) is 75.5 Å². The molecule has 0 atom stereocenters. The Balaban J connectivity index is 1.13. The molecule has 0 amide bonds. The molecule has 0 bridgehead atoms. The Morgan fingerprint density at radius 2 is 0.944 bits per heavy atom. The third-order valence-electron chi connectivity index (χ3n) is 10.3. The number of hydrogen-bond donors (Lipinski definition) is 0. The number of hydrogen-bond acceptors (Lipinski definition) is 4. The number of fused-ring (bicyclic) bond motifs is 5. The van der Waals surface area contributed by atoms with Gasteiger partial charge in [0.25, 0.3) is 0 Å². The molecule has 0 spiro atoms. The van der Waals surface area contributed by atoms with Crippen molar-refractivity contribution in [2.24, 2.45) is 0 Å². The normalized spacial score (nSPS) is 11.4. The first-order chi connectivity index (χ1) is 26.7. The molecule has 54 heavy (non-hydrogen) atoms. The van der Waals surface area contributed by atoms with Crippen molar-refractivity contribution in [3.8, 4) is 67.5 Å². The van der Waals surface area contributed by atoms with Crippen LogP contribution in [0.4, 0.5) is 0 Å². The van der Waals surface area contributed by atoms with Gasteiger partial charge in [-0.2, -0.15) is 0 Å². The molecule has 2 heterocycles. The van der Waals surface area contributed by atoms with Crippen molar-refractivity contribution >= 4 is 32.7 Å². The van der Waals surface area contributed by atoms with E-state index in [0.29, 0.717) is 17.5 Å². The zero-order valence-electron chi connectivity index (χ0n) is 29.6. The zero-order chi connectivity index (χ0) is 36.0. The third-order valence-corrected chi connectivity index (χ3v) is 10.3. The van der Waals surface area contributed by atoms with Crippen LogP contribution in [0.3, 0.4) is 0 Å². The van der Waals surface area contributed by atoms with Crippen molar-refractivity contribution in [3.63, 3.8) is 0 Å². The molecule has 10 aromatic rings. The smallest absolute Gasteiger partial charge is 0.164 e. The van der Waals surface area contributed by atoms with Crippen LogP contribution in [-0.2, 0) is 0 Å². The van der Waals surface area contributed by atoms with Crippen molar-refractivity contribution in [2.45, 2.75) is 6.92 Å². The van der Waals surface area contributed by atoms with Crippen LogP contribution in [0.2, 0.25) is 0 Å². The number of aryl methyl sites for hydroxylation is 1. The lowest BCUT2D eigenvalue weighted by molar-refractivity contribution is 0.673. The number of aromatic nitrogens is 3. The molecule has 0 N–H and O–H groups in total. The molecule has 0 radical (unpaired) electrons. The van der Waals surface area contributed by atoms with Gasteiger partial charge in [0, 0.05) is 32.8 Å². The minimum absolute atomic E-state index is 0.588. The van der Waals surface area contributed by atoms with Gasteiger partial charge in [-0.15, -0.1) is 0 Å². The summed E-state index contributed by atoms with van der Waals surface area (Å²) in [5, 5.41) is 4.35. The van der Waals surface area contributed by atoms with Gasteiger partial charge < -0.3 is 4.42 Å². The van der Waals surface area contributed by atoms with E-state index in [0.717, 1.165) is 66.1 Å². The van der Waals surface area contributed by atoms with Crippen LogP contribution in [0.25, 0.3) is 100 Å². The standard InChI is InChI=1S/C50H33N3O/c1-32-13-8-10-21-41(32)34-23-25-36(26-24-34)49-51-48(35-16-6-3-7-17-35)52-50(53-49)40-27-28-43-45(31-40)54-47-42-22-11-9-18-39(42)30-44(46(43)47)38-20-12-19-37(29-38)33-14-4-2-5-15-33/h2-31H,1H3. The van der Waals surface area contributed by atoms with Crippen LogP contribution < -0.4 is 0 Å². The minimum atomic E-state index is 0.588. The Bertz CT molecular complexity index is 2990. The lowest BCUT2D eigenvalue weighted by atomic mass is 9.93. The molecule has 2 aromatic heterocycles. The Morgan fingerprint density at radius 1 is 0.370 bits per heavy atom. The summed E-state index contributed by atoms with van der Waals surface area (Å²) in [4.78, 5) is 15.1. The van der Waals surface area contributed by atoms with Gasteiger partial charge in [-0.3, -0.25) is 0 Å². The van der Waals surface area contributed by atoms with E-state index in [2.05, 4.69) is 159 Å². The number of nitrogens with zero attached hydrogens (tertiary/aromatic N) is 3. The zero-order valence-corrected chi connectivity index (χ0v) is 29.6. The lowest BCUT2D eigenvalue weighted by Gasteiger charge is -2.10. The van der Waals surface area contributed by atoms with Crippen LogP contribution in [0.5, 0.6) is 0 Å². The predicted octanol–water partition coefficient (Wildman–Crippen LogP) is 13.2. The summed E-state index contributed by atoms with van der Waals surface area (Å²) in [7, 11) is 0. The molecule has 0 aliphatic rings. The second-order valence-corrected chi connectivity index (χ2v) is 13.7. The van der Waals surface area contributed by atoms with E-state index < -0.39 is 0 Å². The first-order valence-electron chi connectivity index (χ1n) is 18.2. The molecule has 0 aliphatic carbocycles. The van der Waals surface area contributed by atoms with Crippen LogP contribution in [0, 0.1) is 6.92 Å². The highest BCUT2D eigenvalue weighted by molar-refractivity contribution is 6.21. The molecule has 8 aromatic carbocycles. The molecule has 254 valence electrons. The van der Waals surface area contributed by atoms with Gasteiger partial charge in [-0.1, -0.05) is 158 Å². The maximum absolute atomic E-state index is 6.83. The second-order valence-electron chi connectivity index (χ2n) is 13.7. The average molecular weight is 692 g/mol. The van der Waals surface area contributed by atoms with Crippen LogP contribution in [-0.4, -0.2) is 15.0 Å². The maximum Gasteiger partial charge on any atom is 0.164 e. The Hall–Kier alpha value is -7.17. The largest absolute Gasteiger partial charge is 0.455 e. The highest BCUT2D eigenvalue weighted by Crippen LogP contribution is 2.43. The van der Waals surface area contributed by atoms with Crippen LogP contribution in [0.15, 0.2) is 186 Å². The van der Waals surface area contributed by atoms with Crippen molar-refractivity contribution < 1.29 is 4.42 Å². The van der Waals surface area contributed by atoms with E-state index in [1.54, 1.807) is 0 Å². The fraction of sp³-hybridized carbons (Fsp3) is 0.0200. The number of rotatable bonds is 6. The van der Waals surface area contributed by atoms with Gasteiger partial charge in [0.1, 0.15) is 11.2 Å². The van der Waals surface area contributed by atoms with Crippen molar-refractivity contribution in [3.05, 3.63) is 188 Å². The summed E-state index contributed by atoms with van der Waals surface area (Å²) < 4.78 is 6.83. The fourth-order valence-corrected chi connectivity index (χ4v) is 7.52. The van der Waals surface area contributed by atoms with Gasteiger partial charge in [0.15, 0.2) is 17.5 Å².